The molecule has 0 amide bonds. The number of rotatable bonds is 5. The van der Waals surface area contributed by atoms with Gasteiger partial charge >= 0.3 is 0 Å². The summed E-state index contributed by atoms with van der Waals surface area (Å²) in [6, 6.07) is 10.8. The number of halogens is 1. The van der Waals surface area contributed by atoms with Gasteiger partial charge in [0.2, 0.25) is 0 Å². The average Bonchev–Trinajstić information content (AvgIpc) is 2.83. The van der Waals surface area contributed by atoms with Crippen molar-refractivity contribution in [1.29, 1.82) is 0 Å². The molecule has 2 aromatic rings. The van der Waals surface area contributed by atoms with E-state index in [0.717, 1.165) is 24.2 Å². The highest BCUT2D eigenvalue weighted by atomic mass is 19.1. The number of nitrogens with zero attached hydrogens (tertiary/aromatic N) is 4. The van der Waals surface area contributed by atoms with Crippen LogP contribution in [0.3, 0.4) is 0 Å². The fourth-order valence-corrected chi connectivity index (χ4v) is 5.20. The maximum Gasteiger partial charge on any atom is 0.163 e. The molecular weight excluding hydrogens is 421 g/mol. The van der Waals surface area contributed by atoms with Gasteiger partial charge in [-0.15, -0.1) is 10.2 Å². The lowest BCUT2D eigenvalue weighted by molar-refractivity contribution is 0.0491. The highest BCUT2D eigenvalue weighted by molar-refractivity contribution is 5.79. The smallest absolute Gasteiger partial charge is 0.163 e. The van der Waals surface area contributed by atoms with Crippen molar-refractivity contribution in [3.8, 4) is 17.0 Å². The Hall–Kier alpha value is -2.97. The first-order valence-corrected chi connectivity index (χ1v) is 11.6. The lowest BCUT2D eigenvalue weighted by Gasteiger charge is -2.43. The van der Waals surface area contributed by atoms with Crippen molar-refractivity contribution in [2.75, 3.05) is 18.7 Å². The van der Waals surface area contributed by atoms with Gasteiger partial charge < -0.3 is 25.3 Å². The van der Waals surface area contributed by atoms with E-state index in [1.165, 1.54) is 30.4 Å². The quantitative estimate of drug-likeness (QED) is 0.601. The molecule has 4 heterocycles. The van der Waals surface area contributed by atoms with E-state index in [0.29, 0.717) is 35.0 Å². The summed E-state index contributed by atoms with van der Waals surface area (Å²) in [5.41, 5.74) is 2.62. The Labute approximate surface area is 193 Å². The van der Waals surface area contributed by atoms with Gasteiger partial charge in [-0.3, -0.25) is 0 Å². The zero-order chi connectivity index (χ0) is 22.9. The van der Waals surface area contributed by atoms with Crippen LogP contribution in [0.2, 0.25) is 0 Å². The van der Waals surface area contributed by atoms with E-state index in [1.54, 1.807) is 24.3 Å². The number of alkyl halides is 1. The van der Waals surface area contributed by atoms with Gasteiger partial charge in [0, 0.05) is 36.9 Å². The minimum Gasteiger partial charge on any atom is -0.507 e. The Balaban J connectivity index is 1.31. The number of phenols is 1. The molecule has 2 bridgehead atoms. The minimum absolute atomic E-state index is 0.0748. The Bertz CT molecular complexity index is 1050. The maximum atomic E-state index is 12.8. The summed E-state index contributed by atoms with van der Waals surface area (Å²) in [5, 5.41) is 33.2. The van der Waals surface area contributed by atoms with Crippen LogP contribution in [0.5, 0.6) is 5.75 Å². The molecule has 3 aliphatic rings. The lowest BCUT2D eigenvalue weighted by Crippen LogP contribution is -2.54. The monoisotopic (exact) mass is 451 g/mol. The van der Waals surface area contributed by atoms with Crippen LogP contribution in [0.25, 0.3) is 16.8 Å². The number of anilines is 1. The zero-order valence-corrected chi connectivity index (χ0v) is 18.7. The van der Waals surface area contributed by atoms with Crippen molar-refractivity contribution in [2.24, 2.45) is 0 Å². The summed E-state index contributed by atoms with van der Waals surface area (Å²) in [5.74, 6) is 0.912. The number of piperidine rings is 2. The van der Waals surface area contributed by atoms with E-state index in [9.17, 15) is 14.6 Å². The van der Waals surface area contributed by atoms with Crippen molar-refractivity contribution in [3.63, 3.8) is 0 Å². The van der Waals surface area contributed by atoms with Crippen LogP contribution in [-0.4, -0.2) is 63.5 Å². The first kappa shape index (κ1) is 21.9. The minimum atomic E-state index is -1.04. The predicted octanol–water partition coefficient (Wildman–Crippen LogP) is 3.42. The average molecular weight is 452 g/mol. The van der Waals surface area contributed by atoms with E-state index >= 15 is 0 Å². The largest absolute Gasteiger partial charge is 0.507 e. The summed E-state index contributed by atoms with van der Waals surface area (Å²) in [7, 11) is 2.09. The van der Waals surface area contributed by atoms with Gasteiger partial charge in [0.25, 0.3) is 0 Å². The Morgan fingerprint density at radius 2 is 1.94 bits per heavy atom. The third-order valence-corrected chi connectivity index (χ3v) is 7.11. The summed E-state index contributed by atoms with van der Waals surface area (Å²) in [4.78, 5) is 3.40. The number of hydrogen-bond acceptors (Lipinski definition) is 7. The number of benzene rings is 1. The summed E-state index contributed by atoms with van der Waals surface area (Å²) < 4.78 is 12.8. The normalized spacial score (nSPS) is 26.8. The molecule has 174 valence electrons. The van der Waals surface area contributed by atoms with Crippen LogP contribution in [-0.2, 0) is 0 Å². The van der Waals surface area contributed by atoms with Gasteiger partial charge in [-0.2, -0.15) is 0 Å². The van der Waals surface area contributed by atoms with Crippen LogP contribution in [0, 0.1) is 0 Å². The van der Waals surface area contributed by atoms with E-state index < -0.39 is 13.0 Å². The van der Waals surface area contributed by atoms with E-state index in [1.807, 2.05) is 18.2 Å². The first-order valence-electron chi connectivity index (χ1n) is 11.6. The molecule has 33 heavy (non-hydrogen) atoms. The lowest BCUT2D eigenvalue weighted by atomic mass is 9.83. The zero-order valence-electron chi connectivity index (χ0n) is 18.7. The molecule has 7 nitrogen and oxygen atoms in total. The Morgan fingerprint density at radius 1 is 1.15 bits per heavy atom. The highest BCUT2D eigenvalue weighted by Gasteiger charge is 2.33. The van der Waals surface area contributed by atoms with E-state index in [-0.39, 0.29) is 5.75 Å². The third-order valence-electron chi connectivity index (χ3n) is 7.11. The molecule has 2 saturated heterocycles. The fraction of sp³-hybridized carbons (Fsp3) is 0.440. The Kier molecular flexibility index (Phi) is 6.03. The van der Waals surface area contributed by atoms with Crippen LogP contribution in [0.4, 0.5) is 10.2 Å². The molecule has 0 saturated carbocycles. The number of phenolic OH excluding ortho intramolecular Hbond substituents is 1. The van der Waals surface area contributed by atoms with Gasteiger partial charge in [0.15, 0.2) is 12.6 Å². The molecule has 3 aliphatic heterocycles. The van der Waals surface area contributed by atoms with Crippen molar-refractivity contribution >= 4 is 11.4 Å². The summed E-state index contributed by atoms with van der Waals surface area (Å²) >= 11 is 0. The number of aliphatic hydroxyl groups is 1. The van der Waals surface area contributed by atoms with Gasteiger partial charge in [-0.1, -0.05) is 12.5 Å². The number of aromatic nitrogens is 2. The number of allylic oxidation sites excluding steroid dienone is 2. The Morgan fingerprint density at radius 3 is 2.58 bits per heavy atom. The molecule has 1 aromatic carbocycles. The van der Waals surface area contributed by atoms with Crippen LogP contribution >= 0.6 is 0 Å². The van der Waals surface area contributed by atoms with Crippen molar-refractivity contribution in [1.82, 2.24) is 20.4 Å². The molecule has 1 aromatic heterocycles. The number of aromatic hydroxyl groups is 1. The number of hydrogen-bond donors (Lipinski definition) is 3. The summed E-state index contributed by atoms with van der Waals surface area (Å²) in [6.07, 6.45) is 9.79. The number of nitrogens with one attached hydrogen (secondary N) is 1. The maximum absolute atomic E-state index is 12.8. The molecule has 5 rings (SSSR count). The molecule has 2 fully saturated rings. The topological polar surface area (TPSA) is 84.8 Å². The molecule has 1 unspecified atom stereocenters. The number of fused-ring (bicyclic) bond motifs is 2. The van der Waals surface area contributed by atoms with E-state index in [2.05, 4.69) is 27.5 Å². The second-order valence-corrected chi connectivity index (χ2v) is 9.22. The van der Waals surface area contributed by atoms with Gasteiger partial charge in [0.05, 0.1) is 5.69 Å². The third kappa shape index (κ3) is 4.45. The first-order chi connectivity index (χ1) is 16.0. The highest BCUT2D eigenvalue weighted by Crippen LogP contribution is 2.34. The number of aliphatic hydroxyl groups excluding tert-OH is 1. The van der Waals surface area contributed by atoms with E-state index in [4.69, 9.17) is 0 Å². The second-order valence-electron chi connectivity index (χ2n) is 9.22. The molecule has 0 aliphatic carbocycles. The van der Waals surface area contributed by atoms with Gasteiger partial charge in [-0.25, -0.2) is 4.39 Å². The van der Waals surface area contributed by atoms with Crippen molar-refractivity contribution in [2.45, 2.75) is 56.5 Å². The second kappa shape index (κ2) is 9.11. The molecule has 3 N–H and O–H groups in total. The molecule has 8 heteroatoms. The van der Waals surface area contributed by atoms with Crippen LogP contribution in [0.15, 0.2) is 48.7 Å². The standard InChI is InChI=1S/C25H30FN5O2/c1-30(20-13-18-3-2-4-19(14-20)27-18)24-8-7-22(28-29-24)21-6-5-16(11-23(21)32)17-9-10-31(15-26)25(33)12-17/h5-12,18-20,25,27,32-33H,2-4,13-15H2,1H3/t18-,19+,20+,25?. The molecule has 0 radical (unpaired) electrons. The molecule has 0 spiro atoms. The van der Waals surface area contributed by atoms with Crippen LogP contribution in [0.1, 0.15) is 37.7 Å². The molecular formula is C25H30FN5O2. The SMILES string of the molecule is CN(c1ccc(-c2ccc(C3=CC(O)N(CF)C=C3)cc2O)nn1)[C@H]1C[C@H]2CCC[C@@H](C1)N2. The van der Waals surface area contributed by atoms with Crippen molar-refractivity contribution in [3.05, 3.63) is 54.2 Å². The van der Waals surface area contributed by atoms with Crippen LogP contribution < -0.4 is 10.2 Å². The van der Waals surface area contributed by atoms with Gasteiger partial charge in [-0.05, 0) is 73.2 Å². The summed E-state index contributed by atoms with van der Waals surface area (Å²) in [6.45, 7) is -0.770. The molecule has 4 atom stereocenters. The predicted molar refractivity (Wildman–Crippen MR) is 126 cm³/mol. The van der Waals surface area contributed by atoms with Crippen molar-refractivity contribution < 1.29 is 14.6 Å². The fourth-order valence-electron chi connectivity index (χ4n) is 5.20. The van der Waals surface area contributed by atoms with Gasteiger partial charge in [0.1, 0.15) is 12.0 Å².